The van der Waals surface area contributed by atoms with Crippen LogP contribution < -0.4 is 0 Å². The van der Waals surface area contributed by atoms with Crippen LogP contribution in [0.5, 0.6) is 0 Å². The number of H-pyrrole nitrogens is 1. The number of rotatable bonds is 4. The number of amides is 1. The van der Waals surface area contributed by atoms with Crippen molar-refractivity contribution < 1.29 is 22.9 Å². The van der Waals surface area contributed by atoms with Crippen LogP contribution in [0.2, 0.25) is 0 Å². The van der Waals surface area contributed by atoms with E-state index in [9.17, 15) is 23.3 Å². The van der Waals surface area contributed by atoms with E-state index in [0.29, 0.717) is 18.5 Å². The van der Waals surface area contributed by atoms with Crippen LogP contribution in [0.15, 0.2) is 23.4 Å². The average molecular weight is 424 g/mol. The summed E-state index contributed by atoms with van der Waals surface area (Å²) >= 11 is 0. The van der Waals surface area contributed by atoms with E-state index in [-0.39, 0.29) is 22.1 Å². The highest BCUT2D eigenvalue weighted by Gasteiger charge is 2.35. The number of nitrogens with one attached hydrogen (secondary N) is 1. The van der Waals surface area contributed by atoms with Crippen LogP contribution in [-0.2, 0) is 14.6 Å². The second-order valence-electron chi connectivity index (χ2n) is 8.11. The minimum atomic E-state index is -3.85. The number of sulfone groups is 1. The fourth-order valence-corrected chi connectivity index (χ4v) is 4.82. The fraction of sp³-hybridized carbons (Fsp3) is 0.556. The Bertz CT molecular complexity index is 1040. The van der Waals surface area contributed by atoms with Crippen LogP contribution in [0, 0.1) is 10.1 Å². The van der Waals surface area contributed by atoms with Gasteiger partial charge >= 0.3 is 6.09 Å². The molecule has 1 aromatic heterocycles. The zero-order valence-corrected chi connectivity index (χ0v) is 17.4. The number of hydrogen-bond donors (Lipinski definition) is 1. The van der Waals surface area contributed by atoms with Crippen LogP contribution in [0.4, 0.5) is 10.5 Å². The van der Waals surface area contributed by atoms with E-state index in [1.165, 1.54) is 23.1 Å². The molecule has 1 aliphatic rings. The SMILES string of the molecule is CC(C)(C)OC(=O)N1CCCC[C@H]1CS(=O)(=O)c1nc2ccc([N+](=O)[O-])cc2[nH]1. The zero-order valence-electron chi connectivity index (χ0n) is 16.5. The Kier molecular flexibility index (Phi) is 5.52. The molecule has 1 atom stereocenters. The Labute approximate surface area is 168 Å². The number of aromatic amines is 1. The van der Waals surface area contributed by atoms with Crippen molar-refractivity contribution in [3.63, 3.8) is 0 Å². The molecule has 1 aromatic carbocycles. The summed E-state index contributed by atoms with van der Waals surface area (Å²) in [6.07, 6.45) is 1.61. The number of carbonyl (C=O) groups is 1. The molecule has 0 saturated carbocycles. The standard InChI is InChI=1S/C18H24N4O6S/c1-18(2,3)28-17(23)21-9-5-4-6-13(21)11-29(26,27)16-19-14-8-7-12(22(24)25)10-15(14)20-16/h7-8,10,13H,4-6,9,11H2,1-3H3,(H,19,20)/t13-/m0/s1. The summed E-state index contributed by atoms with van der Waals surface area (Å²) < 4.78 is 31.3. The van der Waals surface area contributed by atoms with Gasteiger partial charge in [-0.3, -0.25) is 10.1 Å². The number of nitro benzene ring substituents is 1. The van der Waals surface area contributed by atoms with Crippen molar-refractivity contribution in [3.8, 4) is 0 Å². The molecule has 0 unspecified atom stereocenters. The van der Waals surface area contributed by atoms with E-state index in [4.69, 9.17) is 4.74 Å². The summed E-state index contributed by atoms with van der Waals surface area (Å²) in [4.78, 5) is 31.1. The molecular weight excluding hydrogens is 400 g/mol. The minimum Gasteiger partial charge on any atom is -0.444 e. The van der Waals surface area contributed by atoms with Gasteiger partial charge in [0.15, 0.2) is 0 Å². The zero-order chi connectivity index (χ0) is 21.4. The molecular formula is C18H24N4O6S. The fourth-order valence-electron chi connectivity index (χ4n) is 3.30. The first-order valence-corrected chi connectivity index (χ1v) is 11.0. The smallest absolute Gasteiger partial charge is 0.410 e. The molecule has 0 spiro atoms. The number of ether oxygens (including phenoxy) is 1. The molecule has 1 saturated heterocycles. The number of fused-ring (bicyclic) bond motifs is 1. The van der Waals surface area contributed by atoms with Gasteiger partial charge in [-0.2, -0.15) is 0 Å². The Balaban J connectivity index is 1.84. The van der Waals surface area contributed by atoms with Gasteiger partial charge in [-0.1, -0.05) is 0 Å². The summed E-state index contributed by atoms with van der Waals surface area (Å²) in [7, 11) is -3.85. The van der Waals surface area contributed by atoms with Gasteiger partial charge in [-0.05, 0) is 46.1 Å². The van der Waals surface area contributed by atoms with Crippen LogP contribution in [0.25, 0.3) is 11.0 Å². The molecule has 2 heterocycles. The first-order chi connectivity index (χ1) is 13.5. The third-order valence-corrected chi connectivity index (χ3v) is 6.22. The van der Waals surface area contributed by atoms with Crippen LogP contribution in [0.3, 0.4) is 0 Å². The van der Waals surface area contributed by atoms with Crippen molar-refractivity contribution in [1.29, 1.82) is 0 Å². The van der Waals surface area contributed by atoms with Crippen molar-refractivity contribution in [2.75, 3.05) is 12.3 Å². The quantitative estimate of drug-likeness (QED) is 0.588. The van der Waals surface area contributed by atoms with Gasteiger partial charge in [0.2, 0.25) is 15.0 Å². The largest absolute Gasteiger partial charge is 0.444 e. The molecule has 0 aliphatic carbocycles. The maximum absolute atomic E-state index is 12.9. The lowest BCUT2D eigenvalue weighted by molar-refractivity contribution is -0.384. The van der Waals surface area contributed by atoms with E-state index >= 15 is 0 Å². The number of hydrogen-bond acceptors (Lipinski definition) is 7. The third kappa shape index (κ3) is 4.84. The number of likely N-dealkylation sites (tertiary alicyclic amines) is 1. The lowest BCUT2D eigenvalue weighted by atomic mass is 10.0. The summed E-state index contributed by atoms with van der Waals surface area (Å²) in [6.45, 7) is 5.71. The van der Waals surface area contributed by atoms with E-state index in [1.54, 1.807) is 20.8 Å². The molecule has 1 amide bonds. The lowest BCUT2D eigenvalue weighted by Crippen LogP contribution is -2.49. The van der Waals surface area contributed by atoms with Gasteiger partial charge in [-0.25, -0.2) is 18.2 Å². The molecule has 2 aromatic rings. The summed E-state index contributed by atoms with van der Waals surface area (Å²) in [5.74, 6) is -0.297. The maximum atomic E-state index is 12.9. The van der Waals surface area contributed by atoms with Gasteiger partial charge in [0.1, 0.15) is 5.60 Å². The Hall–Kier alpha value is -2.69. The molecule has 10 nitrogen and oxygen atoms in total. The maximum Gasteiger partial charge on any atom is 0.410 e. The second-order valence-corrected chi connectivity index (χ2v) is 10.1. The first-order valence-electron chi connectivity index (χ1n) is 9.33. The highest BCUT2D eigenvalue weighted by Crippen LogP contribution is 2.25. The molecule has 158 valence electrons. The Morgan fingerprint density at radius 1 is 1.38 bits per heavy atom. The Morgan fingerprint density at radius 2 is 2.10 bits per heavy atom. The molecule has 11 heteroatoms. The van der Waals surface area contributed by atoms with Crippen molar-refractivity contribution in [2.24, 2.45) is 0 Å². The monoisotopic (exact) mass is 424 g/mol. The predicted molar refractivity (Wildman–Crippen MR) is 105 cm³/mol. The number of non-ortho nitro benzene ring substituents is 1. The number of benzene rings is 1. The number of imidazole rings is 1. The average Bonchev–Trinajstić information content (AvgIpc) is 3.04. The van der Waals surface area contributed by atoms with E-state index in [0.717, 1.165) is 12.8 Å². The highest BCUT2D eigenvalue weighted by atomic mass is 32.2. The number of aromatic nitrogens is 2. The van der Waals surface area contributed by atoms with Crippen molar-refractivity contribution in [2.45, 2.75) is 56.8 Å². The first kappa shape index (κ1) is 21.0. The number of piperidine rings is 1. The van der Waals surface area contributed by atoms with Gasteiger partial charge < -0.3 is 14.6 Å². The Morgan fingerprint density at radius 3 is 2.76 bits per heavy atom. The summed E-state index contributed by atoms with van der Waals surface area (Å²) in [5.41, 5.74) is -0.244. The van der Waals surface area contributed by atoms with Gasteiger partial charge in [0.05, 0.1) is 21.7 Å². The number of nitrogens with zero attached hydrogens (tertiary/aromatic N) is 3. The van der Waals surface area contributed by atoms with Crippen LogP contribution in [-0.4, -0.2) is 58.2 Å². The molecule has 1 aliphatic heterocycles. The van der Waals surface area contributed by atoms with Crippen LogP contribution >= 0.6 is 0 Å². The van der Waals surface area contributed by atoms with E-state index in [1.807, 2.05) is 0 Å². The molecule has 1 fully saturated rings. The van der Waals surface area contributed by atoms with Crippen molar-refractivity contribution >= 4 is 32.7 Å². The van der Waals surface area contributed by atoms with Crippen molar-refractivity contribution in [1.82, 2.24) is 14.9 Å². The predicted octanol–water partition coefficient (Wildman–Crippen LogP) is 3.03. The third-order valence-electron chi connectivity index (χ3n) is 4.62. The normalized spacial score (nSPS) is 18.0. The lowest BCUT2D eigenvalue weighted by Gasteiger charge is -2.36. The highest BCUT2D eigenvalue weighted by molar-refractivity contribution is 7.91. The van der Waals surface area contributed by atoms with E-state index < -0.39 is 32.5 Å². The molecule has 0 radical (unpaired) electrons. The van der Waals surface area contributed by atoms with Crippen LogP contribution in [0.1, 0.15) is 40.0 Å². The molecule has 1 N–H and O–H groups in total. The number of nitro groups is 1. The summed E-state index contributed by atoms with van der Waals surface area (Å²) in [5, 5.41) is 10.7. The van der Waals surface area contributed by atoms with Gasteiger partial charge in [0.25, 0.3) is 5.69 Å². The van der Waals surface area contributed by atoms with Crippen molar-refractivity contribution in [3.05, 3.63) is 28.3 Å². The second kappa shape index (κ2) is 7.62. The minimum absolute atomic E-state index is 0.159. The molecule has 0 bridgehead atoms. The van der Waals surface area contributed by atoms with Gasteiger partial charge in [0, 0.05) is 24.7 Å². The number of carbonyl (C=O) groups excluding carboxylic acids is 1. The van der Waals surface area contributed by atoms with E-state index in [2.05, 4.69) is 9.97 Å². The summed E-state index contributed by atoms with van der Waals surface area (Å²) in [6, 6.07) is 3.39. The topological polar surface area (TPSA) is 136 Å². The molecule has 3 rings (SSSR count). The molecule has 29 heavy (non-hydrogen) atoms. The van der Waals surface area contributed by atoms with Gasteiger partial charge in [-0.15, -0.1) is 0 Å².